The van der Waals surface area contributed by atoms with Gasteiger partial charge in [-0.25, -0.2) is 4.79 Å². The molecule has 136 valence electrons. The molecule has 3 aromatic rings. The number of nitrogens with one attached hydrogen (secondary N) is 1. The van der Waals surface area contributed by atoms with Gasteiger partial charge in [0.25, 0.3) is 0 Å². The summed E-state index contributed by atoms with van der Waals surface area (Å²) in [5, 5.41) is 2.66. The lowest BCUT2D eigenvalue weighted by Gasteiger charge is -2.15. The van der Waals surface area contributed by atoms with Crippen LogP contribution in [0.1, 0.15) is 24.1 Å². The molecule has 0 radical (unpaired) electrons. The van der Waals surface area contributed by atoms with Gasteiger partial charge in [0.1, 0.15) is 6.54 Å². The van der Waals surface area contributed by atoms with Crippen molar-refractivity contribution in [2.75, 3.05) is 0 Å². The van der Waals surface area contributed by atoms with Crippen molar-refractivity contribution in [1.82, 2.24) is 9.88 Å². The fraction of sp³-hybridized carbons (Fsp3) is 0.222. The summed E-state index contributed by atoms with van der Waals surface area (Å²) >= 11 is 0. The predicted molar refractivity (Wildman–Crippen MR) is 88.5 cm³/mol. The molecule has 5 nitrogen and oxygen atoms in total. The Morgan fingerprint density at radius 3 is 2.46 bits per heavy atom. The number of carbonyl (C=O) groups excluding carboxylic acids is 1. The zero-order chi connectivity index (χ0) is 18.9. The molecule has 1 atom stereocenters. The molecular formula is C18H15F3N2O3. The Hall–Kier alpha value is -3.03. The Morgan fingerprint density at radius 1 is 1.15 bits per heavy atom. The lowest BCUT2D eigenvalue weighted by molar-refractivity contribution is -0.137. The summed E-state index contributed by atoms with van der Waals surface area (Å²) in [6.07, 6.45) is -4.41. The van der Waals surface area contributed by atoms with Crippen LogP contribution in [0.3, 0.4) is 0 Å². The molecule has 0 aliphatic heterocycles. The first-order chi connectivity index (χ1) is 12.3. The zero-order valence-electron chi connectivity index (χ0n) is 13.7. The SMILES string of the molecule is CC(NC(=O)Cn1c(=O)oc2ccccc21)c1ccc(C(F)(F)F)cc1. The van der Waals surface area contributed by atoms with Crippen molar-refractivity contribution < 1.29 is 22.4 Å². The third kappa shape index (κ3) is 3.63. The molecule has 1 amide bonds. The van der Waals surface area contributed by atoms with E-state index in [1.807, 2.05) is 0 Å². The third-order valence-corrected chi connectivity index (χ3v) is 3.99. The normalized spacial score (nSPS) is 12.9. The summed E-state index contributed by atoms with van der Waals surface area (Å²) < 4.78 is 44.0. The van der Waals surface area contributed by atoms with E-state index in [9.17, 15) is 22.8 Å². The third-order valence-electron chi connectivity index (χ3n) is 3.99. The maximum atomic E-state index is 12.6. The van der Waals surface area contributed by atoms with Gasteiger partial charge in [-0.15, -0.1) is 0 Å². The molecule has 0 bridgehead atoms. The second kappa shape index (κ2) is 6.70. The summed E-state index contributed by atoms with van der Waals surface area (Å²) in [6, 6.07) is 10.7. The molecule has 8 heteroatoms. The fourth-order valence-electron chi connectivity index (χ4n) is 2.64. The summed E-state index contributed by atoms with van der Waals surface area (Å²) in [6.45, 7) is 1.40. The van der Waals surface area contributed by atoms with Crippen molar-refractivity contribution in [3.8, 4) is 0 Å². The van der Waals surface area contributed by atoms with Gasteiger partial charge in [-0.3, -0.25) is 9.36 Å². The van der Waals surface area contributed by atoms with Crippen LogP contribution in [0.15, 0.2) is 57.7 Å². The van der Waals surface area contributed by atoms with Crippen LogP contribution < -0.4 is 11.1 Å². The molecule has 0 saturated carbocycles. The molecule has 1 N–H and O–H groups in total. The highest BCUT2D eigenvalue weighted by atomic mass is 19.4. The van der Waals surface area contributed by atoms with Crippen LogP contribution in [0.25, 0.3) is 11.1 Å². The number of oxazole rings is 1. The molecule has 0 aliphatic rings. The second-order valence-electron chi connectivity index (χ2n) is 5.83. The number of carbonyl (C=O) groups is 1. The van der Waals surface area contributed by atoms with E-state index in [1.54, 1.807) is 31.2 Å². The first kappa shape index (κ1) is 17.8. The van der Waals surface area contributed by atoms with Gasteiger partial charge in [0.05, 0.1) is 17.1 Å². The van der Waals surface area contributed by atoms with E-state index in [0.717, 1.165) is 12.1 Å². The monoisotopic (exact) mass is 364 g/mol. The van der Waals surface area contributed by atoms with E-state index in [2.05, 4.69) is 5.32 Å². The van der Waals surface area contributed by atoms with Crippen molar-refractivity contribution in [3.63, 3.8) is 0 Å². The number of rotatable bonds is 4. The number of fused-ring (bicyclic) bond motifs is 1. The summed E-state index contributed by atoms with van der Waals surface area (Å²) in [5.41, 5.74) is 0.642. The Labute approximate surface area is 146 Å². The molecule has 0 fully saturated rings. The fourth-order valence-corrected chi connectivity index (χ4v) is 2.64. The van der Waals surface area contributed by atoms with Crippen molar-refractivity contribution in [1.29, 1.82) is 0 Å². The molecule has 0 spiro atoms. The lowest BCUT2D eigenvalue weighted by atomic mass is 10.1. The molecule has 0 saturated heterocycles. The molecule has 0 aliphatic carbocycles. The molecule has 3 rings (SSSR count). The molecule has 2 aromatic carbocycles. The number of halogens is 3. The Morgan fingerprint density at radius 2 is 1.81 bits per heavy atom. The number of nitrogens with zero attached hydrogens (tertiary/aromatic N) is 1. The van der Waals surface area contributed by atoms with Crippen molar-refractivity contribution in [2.45, 2.75) is 25.7 Å². The molecule has 1 heterocycles. The minimum absolute atomic E-state index is 0.249. The van der Waals surface area contributed by atoms with Crippen LogP contribution >= 0.6 is 0 Å². The first-order valence-electron chi connectivity index (χ1n) is 7.80. The largest absolute Gasteiger partial charge is 0.420 e. The predicted octanol–water partition coefficient (Wildman–Crippen LogP) is 3.49. The van der Waals surface area contributed by atoms with E-state index < -0.39 is 29.4 Å². The number of amides is 1. The maximum absolute atomic E-state index is 12.6. The average molecular weight is 364 g/mol. The summed E-state index contributed by atoms with van der Waals surface area (Å²) in [5.74, 6) is -1.10. The number of alkyl halides is 3. The first-order valence-corrected chi connectivity index (χ1v) is 7.80. The average Bonchev–Trinajstić information content (AvgIpc) is 2.90. The van der Waals surface area contributed by atoms with Crippen LogP contribution in [0.4, 0.5) is 13.2 Å². The summed E-state index contributed by atoms with van der Waals surface area (Å²) in [4.78, 5) is 24.1. The minimum Gasteiger partial charge on any atom is -0.408 e. The van der Waals surface area contributed by atoms with Gasteiger partial charge in [0.2, 0.25) is 5.91 Å². The number of hydrogen-bond donors (Lipinski definition) is 1. The van der Waals surface area contributed by atoms with Crippen LogP contribution in [-0.4, -0.2) is 10.5 Å². The van der Waals surface area contributed by atoms with Gasteiger partial charge < -0.3 is 9.73 Å². The Kier molecular flexibility index (Phi) is 4.58. The van der Waals surface area contributed by atoms with Gasteiger partial charge in [-0.2, -0.15) is 13.2 Å². The van der Waals surface area contributed by atoms with E-state index >= 15 is 0 Å². The maximum Gasteiger partial charge on any atom is 0.420 e. The van der Waals surface area contributed by atoms with Gasteiger partial charge in [-0.05, 0) is 36.8 Å². The molecular weight excluding hydrogens is 349 g/mol. The van der Waals surface area contributed by atoms with E-state index in [0.29, 0.717) is 16.7 Å². The summed E-state index contributed by atoms with van der Waals surface area (Å²) in [7, 11) is 0. The Balaban J connectivity index is 1.71. The van der Waals surface area contributed by atoms with E-state index in [4.69, 9.17) is 4.42 Å². The smallest absolute Gasteiger partial charge is 0.408 e. The topological polar surface area (TPSA) is 64.2 Å². The molecule has 26 heavy (non-hydrogen) atoms. The van der Waals surface area contributed by atoms with Gasteiger partial charge in [0.15, 0.2) is 5.58 Å². The van der Waals surface area contributed by atoms with Crippen molar-refractivity contribution >= 4 is 17.0 Å². The van der Waals surface area contributed by atoms with Crippen LogP contribution in [-0.2, 0) is 17.5 Å². The zero-order valence-corrected chi connectivity index (χ0v) is 13.7. The van der Waals surface area contributed by atoms with Gasteiger partial charge in [-0.1, -0.05) is 24.3 Å². The quantitative estimate of drug-likeness (QED) is 0.771. The molecule has 1 aromatic heterocycles. The number of hydrogen-bond acceptors (Lipinski definition) is 3. The lowest BCUT2D eigenvalue weighted by Crippen LogP contribution is -2.32. The van der Waals surface area contributed by atoms with Crippen LogP contribution in [0.2, 0.25) is 0 Å². The van der Waals surface area contributed by atoms with E-state index in [-0.39, 0.29) is 6.54 Å². The van der Waals surface area contributed by atoms with Crippen LogP contribution in [0, 0.1) is 0 Å². The highest BCUT2D eigenvalue weighted by Gasteiger charge is 2.30. The Bertz CT molecular complexity index is 987. The van der Waals surface area contributed by atoms with Gasteiger partial charge in [0, 0.05) is 0 Å². The van der Waals surface area contributed by atoms with Crippen molar-refractivity contribution in [3.05, 3.63) is 70.2 Å². The second-order valence-corrected chi connectivity index (χ2v) is 5.83. The number of para-hydroxylation sites is 2. The van der Waals surface area contributed by atoms with Crippen molar-refractivity contribution in [2.24, 2.45) is 0 Å². The van der Waals surface area contributed by atoms with Crippen LogP contribution in [0.5, 0.6) is 0 Å². The number of benzene rings is 2. The van der Waals surface area contributed by atoms with E-state index in [1.165, 1.54) is 16.7 Å². The number of aromatic nitrogens is 1. The minimum atomic E-state index is -4.41. The van der Waals surface area contributed by atoms with Gasteiger partial charge >= 0.3 is 11.9 Å². The molecule has 1 unspecified atom stereocenters. The highest BCUT2D eigenvalue weighted by Crippen LogP contribution is 2.29. The standard InChI is InChI=1S/C18H15F3N2O3/c1-11(12-6-8-13(9-7-12)18(19,20)21)22-16(24)10-23-14-4-2-3-5-15(14)26-17(23)25/h2-9,11H,10H2,1H3,(H,22,24). The highest BCUT2D eigenvalue weighted by molar-refractivity contribution is 5.79.